The highest BCUT2D eigenvalue weighted by Crippen LogP contribution is 2.25. The maximum absolute atomic E-state index is 12.5. The number of rotatable bonds is 4. The molecule has 0 aliphatic carbocycles. The topological polar surface area (TPSA) is 92.5 Å². The number of nitrogens with one attached hydrogen (secondary N) is 1. The minimum Gasteiger partial charge on any atom is -0.355 e. The lowest BCUT2D eigenvalue weighted by molar-refractivity contribution is 0.0963. The number of hydrogen-bond donors (Lipinski definition) is 2. The summed E-state index contributed by atoms with van der Waals surface area (Å²) in [6, 6.07) is 5.83. The van der Waals surface area contributed by atoms with Gasteiger partial charge in [0.15, 0.2) is 0 Å². The summed E-state index contributed by atoms with van der Waals surface area (Å²) >= 11 is 0. The van der Waals surface area contributed by atoms with Crippen LogP contribution in [0.4, 0.5) is 0 Å². The molecule has 8 heteroatoms. The van der Waals surface area contributed by atoms with Crippen molar-refractivity contribution in [1.82, 2.24) is 9.62 Å². The fourth-order valence-electron chi connectivity index (χ4n) is 2.42. The van der Waals surface area contributed by atoms with Crippen molar-refractivity contribution in [3.8, 4) is 0 Å². The fraction of sp³-hybridized carbons (Fsp3) is 0.462. The fourth-order valence-corrected chi connectivity index (χ4v) is 4.12. The average molecular weight is 334 g/mol. The summed E-state index contributed by atoms with van der Waals surface area (Å²) in [5.74, 6) is -0.241. The van der Waals surface area contributed by atoms with Gasteiger partial charge in [0.2, 0.25) is 10.0 Å². The summed E-state index contributed by atoms with van der Waals surface area (Å²) in [7, 11) is -2.00. The van der Waals surface area contributed by atoms with Crippen molar-refractivity contribution >= 4 is 28.3 Å². The molecule has 1 heterocycles. The van der Waals surface area contributed by atoms with E-state index in [1.54, 1.807) is 0 Å². The number of carbonyl (C=O) groups is 1. The van der Waals surface area contributed by atoms with Crippen LogP contribution in [0.25, 0.3) is 0 Å². The van der Waals surface area contributed by atoms with Gasteiger partial charge in [0.05, 0.1) is 4.90 Å². The van der Waals surface area contributed by atoms with Gasteiger partial charge in [0, 0.05) is 31.7 Å². The van der Waals surface area contributed by atoms with E-state index in [4.69, 9.17) is 5.73 Å². The summed E-state index contributed by atoms with van der Waals surface area (Å²) in [5, 5.41) is 2.50. The molecule has 2 rings (SSSR count). The summed E-state index contributed by atoms with van der Waals surface area (Å²) in [6.45, 7) is 0.830. The van der Waals surface area contributed by atoms with Crippen LogP contribution in [0.15, 0.2) is 29.2 Å². The molecule has 0 aromatic heterocycles. The summed E-state index contributed by atoms with van der Waals surface area (Å²) in [6.07, 6.45) is 1.63. The first kappa shape index (κ1) is 17.9. The van der Waals surface area contributed by atoms with Crippen LogP contribution in [0.2, 0.25) is 0 Å². The van der Waals surface area contributed by atoms with Gasteiger partial charge in [0.1, 0.15) is 0 Å². The van der Waals surface area contributed by atoms with Crippen molar-refractivity contribution in [3.05, 3.63) is 29.8 Å². The highest BCUT2D eigenvalue weighted by Gasteiger charge is 2.34. The van der Waals surface area contributed by atoms with Gasteiger partial charge < -0.3 is 11.1 Å². The lowest BCUT2D eigenvalue weighted by Gasteiger charge is -2.22. The molecule has 1 fully saturated rings. The molecule has 0 radical (unpaired) electrons. The zero-order valence-corrected chi connectivity index (χ0v) is 13.4. The van der Waals surface area contributed by atoms with E-state index in [2.05, 4.69) is 5.32 Å². The predicted molar refractivity (Wildman–Crippen MR) is 83.0 cm³/mol. The molecule has 1 aromatic carbocycles. The molecule has 1 atom stereocenters. The first-order chi connectivity index (χ1) is 9.50. The van der Waals surface area contributed by atoms with Gasteiger partial charge in [0.25, 0.3) is 5.91 Å². The van der Waals surface area contributed by atoms with E-state index in [9.17, 15) is 13.2 Å². The number of carbonyl (C=O) groups excluding carboxylic acids is 1. The van der Waals surface area contributed by atoms with E-state index in [0.29, 0.717) is 18.7 Å². The number of nitrogens with two attached hydrogens (primary N) is 1. The molecule has 0 saturated carbocycles. The second-order valence-electron chi connectivity index (χ2n) is 4.75. The Kier molecular flexibility index (Phi) is 6.15. The lowest BCUT2D eigenvalue weighted by Crippen LogP contribution is -2.39. The van der Waals surface area contributed by atoms with Crippen molar-refractivity contribution in [2.24, 2.45) is 5.73 Å². The smallest absolute Gasteiger partial charge is 0.251 e. The van der Waals surface area contributed by atoms with Crippen molar-refractivity contribution in [3.63, 3.8) is 0 Å². The summed E-state index contributed by atoms with van der Waals surface area (Å²) in [5.41, 5.74) is 6.06. The van der Waals surface area contributed by atoms with Crippen molar-refractivity contribution in [1.29, 1.82) is 0 Å². The van der Waals surface area contributed by atoms with Crippen LogP contribution < -0.4 is 11.1 Å². The van der Waals surface area contributed by atoms with Crippen LogP contribution >= 0.6 is 12.4 Å². The van der Waals surface area contributed by atoms with E-state index in [0.717, 1.165) is 12.8 Å². The van der Waals surface area contributed by atoms with E-state index >= 15 is 0 Å². The second kappa shape index (κ2) is 7.22. The largest absolute Gasteiger partial charge is 0.355 e. The molecule has 0 spiro atoms. The van der Waals surface area contributed by atoms with Crippen LogP contribution in [0, 0.1) is 0 Å². The second-order valence-corrected chi connectivity index (χ2v) is 6.64. The molecule has 0 bridgehead atoms. The number of amides is 1. The Morgan fingerprint density at radius 2 is 2.00 bits per heavy atom. The molecule has 1 aliphatic heterocycles. The van der Waals surface area contributed by atoms with Gasteiger partial charge in [-0.1, -0.05) is 0 Å². The quantitative estimate of drug-likeness (QED) is 0.843. The van der Waals surface area contributed by atoms with Gasteiger partial charge in [-0.05, 0) is 37.1 Å². The SMILES string of the molecule is CNC(=O)c1ccc(S(=O)(=O)N2CCCC2CN)cc1.Cl. The Balaban J connectivity index is 0.00000220. The van der Waals surface area contributed by atoms with E-state index in [-0.39, 0.29) is 29.3 Å². The Hall–Kier alpha value is -1.15. The van der Waals surface area contributed by atoms with E-state index in [1.165, 1.54) is 35.6 Å². The van der Waals surface area contributed by atoms with Gasteiger partial charge in [-0.25, -0.2) is 8.42 Å². The number of sulfonamides is 1. The number of hydrogen-bond acceptors (Lipinski definition) is 4. The zero-order chi connectivity index (χ0) is 14.8. The van der Waals surface area contributed by atoms with E-state index < -0.39 is 10.0 Å². The highest BCUT2D eigenvalue weighted by molar-refractivity contribution is 7.89. The third kappa shape index (κ3) is 3.55. The maximum Gasteiger partial charge on any atom is 0.251 e. The normalized spacial score (nSPS) is 19.0. The Morgan fingerprint density at radius 3 is 2.52 bits per heavy atom. The van der Waals surface area contributed by atoms with Crippen molar-refractivity contribution < 1.29 is 13.2 Å². The molecule has 6 nitrogen and oxygen atoms in total. The molecule has 1 saturated heterocycles. The third-order valence-electron chi connectivity index (χ3n) is 3.55. The molecule has 3 N–H and O–H groups in total. The van der Waals surface area contributed by atoms with Crippen LogP contribution in [-0.4, -0.2) is 44.8 Å². The molecular formula is C13H20ClN3O3S. The molecule has 1 aliphatic rings. The Morgan fingerprint density at radius 1 is 1.38 bits per heavy atom. The zero-order valence-electron chi connectivity index (χ0n) is 11.8. The molecule has 21 heavy (non-hydrogen) atoms. The van der Waals surface area contributed by atoms with Crippen LogP contribution in [-0.2, 0) is 10.0 Å². The number of nitrogens with zero attached hydrogens (tertiary/aromatic N) is 1. The monoisotopic (exact) mass is 333 g/mol. The lowest BCUT2D eigenvalue weighted by atomic mass is 10.2. The van der Waals surface area contributed by atoms with Gasteiger partial charge in [-0.2, -0.15) is 4.31 Å². The molecule has 1 amide bonds. The van der Waals surface area contributed by atoms with Gasteiger partial charge in [-0.15, -0.1) is 12.4 Å². The first-order valence-electron chi connectivity index (χ1n) is 6.54. The summed E-state index contributed by atoms with van der Waals surface area (Å²) < 4.78 is 26.5. The van der Waals surface area contributed by atoms with Crippen LogP contribution in [0.1, 0.15) is 23.2 Å². The third-order valence-corrected chi connectivity index (χ3v) is 5.51. The van der Waals surface area contributed by atoms with Crippen LogP contribution in [0.5, 0.6) is 0 Å². The number of benzene rings is 1. The first-order valence-corrected chi connectivity index (χ1v) is 7.98. The molecule has 1 unspecified atom stereocenters. The Bertz CT molecular complexity index is 589. The average Bonchev–Trinajstić information content (AvgIpc) is 2.95. The Labute approximate surface area is 131 Å². The van der Waals surface area contributed by atoms with Crippen LogP contribution in [0.3, 0.4) is 0 Å². The van der Waals surface area contributed by atoms with E-state index in [1.807, 2.05) is 0 Å². The van der Waals surface area contributed by atoms with Crippen molar-refractivity contribution in [2.45, 2.75) is 23.8 Å². The standard InChI is InChI=1S/C13H19N3O3S.ClH/c1-15-13(17)10-4-6-12(7-5-10)20(18,19)16-8-2-3-11(16)9-14;/h4-7,11H,2-3,8-9,14H2,1H3,(H,15,17);1H. The number of halogens is 1. The molecule has 118 valence electrons. The summed E-state index contributed by atoms with van der Waals surface area (Å²) in [4.78, 5) is 11.6. The molecule has 1 aromatic rings. The maximum atomic E-state index is 12.5. The minimum atomic E-state index is -3.53. The van der Waals surface area contributed by atoms with Gasteiger partial charge >= 0.3 is 0 Å². The highest BCUT2D eigenvalue weighted by atomic mass is 35.5. The predicted octanol–water partition coefficient (Wildman–Crippen LogP) is 0.580. The minimum absolute atomic E-state index is 0. The molecular weight excluding hydrogens is 314 g/mol. The van der Waals surface area contributed by atoms with Gasteiger partial charge in [-0.3, -0.25) is 4.79 Å². The van der Waals surface area contributed by atoms with Crippen molar-refractivity contribution in [2.75, 3.05) is 20.1 Å².